The molecule has 0 spiro atoms. The third kappa shape index (κ3) is 2.28. The lowest BCUT2D eigenvalue weighted by molar-refractivity contribution is -0.117. The number of fused-ring (bicyclic) bond motifs is 1. The Labute approximate surface area is 110 Å². The predicted octanol–water partition coefficient (Wildman–Crippen LogP) is 0.740. The molecule has 0 fully saturated rings. The zero-order chi connectivity index (χ0) is 14.2. The Morgan fingerprint density at radius 1 is 1.47 bits per heavy atom. The molecule has 1 aromatic heterocycles. The molecule has 0 saturated heterocycles. The molecular weight excluding hydrogens is 250 g/mol. The van der Waals surface area contributed by atoms with Crippen LogP contribution in [0, 0.1) is 6.92 Å². The van der Waals surface area contributed by atoms with Crippen molar-refractivity contribution in [1.82, 2.24) is 9.97 Å². The van der Waals surface area contributed by atoms with Crippen LogP contribution >= 0.6 is 0 Å². The van der Waals surface area contributed by atoms with Crippen LogP contribution in [0.3, 0.4) is 0 Å². The molecule has 2 rings (SSSR count). The largest absolute Gasteiger partial charge is 0.453 e. The molecule has 8 nitrogen and oxygen atoms in total. The molecule has 1 aromatic rings. The van der Waals surface area contributed by atoms with E-state index in [0.717, 1.165) is 0 Å². The maximum atomic E-state index is 11.7. The van der Waals surface area contributed by atoms with E-state index in [1.54, 1.807) is 25.8 Å². The van der Waals surface area contributed by atoms with Crippen LogP contribution in [0.4, 0.5) is 22.2 Å². The number of methoxy groups -OCH3 is 1. The first kappa shape index (κ1) is 13.1. The van der Waals surface area contributed by atoms with Crippen LogP contribution in [0.15, 0.2) is 0 Å². The molecule has 19 heavy (non-hydrogen) atoms. The number of anilines is 3. The quantitative estimate of drug-likeness (QED) is 0.777. The van der Waals surface area contributed by atoms with E-state index in [1.165, 1.54) is 7.11 Å². The summed E-state index contributed by atoms with van der Waals surface area (Å²) in [6, 6.07) is -0.340. The zero-order valence-corrected chi connectivity index (χ0v) is 11.1. The summed E-state index contributed by atoms with van der Waals surface area (Å²) in [6.45, 7) is 3.50. The van der Waals surface area contributed by atoms with Gasteiger partial charge in [0.05, 0.1) is 12.8 Å². The molecule has 0 aromatic carbocycles. The first-order valence-electron chi connectivity index (χ1n) is 5.71. The first-order valence-corrected chi connectivity index (χ1v) is 5.71. The van der Waals surface area contributed by atoms with E-state index in [4.69, 9.17) is 0 Å². The molecular formula is C11H15N5O3. The fourth-order valence-corrected chi connectivity index (χ4v) is 1.74. The molecule has 0 radical (unpaired) electrons. The number of hydrogen-bond donors (Lipinski definition) is 2. The van der Waals surface area contributed by atoms with Gasteiger partial charge in [0.2, 0.25) is 11.9 Å². The van der Waals surface area contributed by atoms with Crippen LogP contribution in [0.25, 0.3) is 0 Å². The molecule has 0 aliphatic carbocycles. The van der Waals surface area contributed by atoms with Crippen LogP contribution in [0.2, 0.25) is 0 Å². The third-order valence-corrected chi connectivity index (χ3v) is 3.01. The van der Waals surface area contributed by atoms with Gasteiger partial charge in [-0.05, 0) is 13.8 Å². The standard InChI is InChI=1S/C11H15N5O3/c1-5-7-8(16(3)6(2)9(17)13-7)14-10(12-5)15-11(18)19-4/h6H,1-4H3,(H,13,17)(H,12,14,15,18). The Morgan fingerprint density at radius 2 is 2.16 bits per heavy atom. The highest BCUT2D eigenvalue weighted by molar-refractivity contribution is 6.03. The summed E-state index contributed by atoms with van der Waals surface area (Å²) >= 11 is 0. The lowest BCUT2D eigenvalue weighted by Crippen LogP contribution is -2.44. The van der Waals surface area contributed by atoms with Crippen molar-refractivity contribution < 1.29 is 14.3 Å². The molecule has 1 atom stereocenters. The molecule has 2 heterocycles. The van der Waals surface area contributed by atoms with Gasteiger partial charge in [-0.1, -0.05) is 0 Å². The van der Waals surface area contributed by atoms with Gasteiger partial charge in [0.15, 0.2) is 5.82 Å². The van der Waals surface area contributed by atoms with Gasteiger partial charge in [-0.15, -0.1) is 0 Å². The highest BCUT2D eigenvalue weighted by atomic mass is 16.5. The summed E-state index contributed by atoms with van der Waals surface area (Å²) in [4.78, 5) is 32.9. The summed E-state index contributed by atoms with van der Waals surface area (Å²) < 4.78 is 4.49. The van der Waals surface area contributed by atoms with Crippen molar-refractivity contribution in [3.05, 3.63) is 5.69 Å². The van der Waals surface area contributed by atoms with Gasteiger partial charge in [-0.25, -0.2) is 9.78 Å². The van der Waals surface area contributed by atoms with Gasteiger partial charge in [0, 0.05) is 7.05 Å². The van der Waals surface area contributed by atoms with Crippen LogP contribution in [0.1, 0.15) is 12.6 Å². The number of rotatable bonds is 1. The van der Waals surface area contributed by atoms with Gasteiger partial charge in [-0.3, -0.25) is 10.1 Å². The molecule has 102 valence electrons. The van der Waals surface area contributed by atoms with Crippen molar-refractivity contribution >= 4 is 29.5 Å². The van der Waals surface area contributed by atoms with E-state index in [1.807, 2.05) is 0 Å². The van der Waals surface area contributed by atoms with Crippen molar-refractivity contribution in [2.24, 2.45) is 0 Å². The number of aromatic nitrogens is 2. The Morgan fingerprint density at radius 3 is 2.79 bits per heavy atom. The summed E-state index contributed by atoms with van der Waals surface area (Å²) in [5.74, 6) is 0.583. The Hall–Kier alpha value is -2.38. The number of nitrogens with zero attached hydrogens (tertiary/aromatic N) is 3. The van der Waals surface area contributed by atoms with Crippen LogP contribution in [-0.2, 0) is 9.53 Å². The van der Waals surface area contributed by atoms with Crippen LogP contribution in [-0.4, -0.2) is 42.2 Å². The number of aryl methyl sites for hydroxylation is 1. The third-order valence-electron chi connectivity index (χ3n) is 3.01. The molecule has 1 aliphatic heterocycles. The maximum Gasteiger partial charge on any atom is 0.413 e. The maximum absolute atomic E-state index is 11.7. The highest BCUT2D eigenvalue weighted by Crippen LogP contribution is 2.31. The van der Waals surface area contributed by atoms with Crippen molar-refractivity contribution in [1.29, 1.82) is 0 Å². The minimum absolute atomic E-state index is 0.115. The van der Waals surface area contributed by atoms with Crippen molar-refractivity contribution in [2.75, 3.05) is 29.7 Å². The summed E-state index contributed by atoms with van der Waals surface area (Å²) in [6.07, 6.45) is -0.644. The monoisotopic (exact) mass is 265 g/mol. The van der Waals surface area contributed by atoms with Gasteiger partial charge in [0.25, 0.3) is 0 Å². The summed E-state index contributed by atoms with van der Waals surface area (Å²) in [7, 11) is 3.02. The topological polar surface area (TPSA) is 96.4 Å². The minimum Gasteiger partial charge on any atom is -0.453 e. The minimum atomic E-state index is -0.644. The van der Waals surface area contributed by atoms with Gasteiger partial charge in [0.1, 0.15) is 11.7 Å². The van der Waals surface area contributed by atoms with Crippen molar-refractivity contribution in [2.45, 2.75) is 19.9 Å². The summed E-state index contributed by atoms with van der Waals surface area (Å²) in [5.41, 5.74) is 1.13. The highest BCUT2D eigenvalue weighted by Gasteiger charge is 2.30. The SMILES string of the molecule is COC(=O)Nc1nc(C)c2c(n1)N(C)C(C)C(=O)N2. The molecule has 0 saturated carbocycles. The van der Waals surface area contributed by atoms with E-state index in [2.05, 4.69) is 25.3 Å². The van der Waals surface area contributed by atoms with Gasteiger partial charge in [-0.2, -0.15) is 4.98 Å². The number of carbonyl (C=O) groups is 2. The lowest BCUT2D eigenvalue weighted by Gasteiger charge is -2.32. The second-order valence-electron chi connectivity index (χ2n) is 4.22. The predicted molar refractivity (Wildman–Crippen MR) is 69.3 cm³/mol. The van der Waals surface area contributed by atoms with Crippen molar-refractivity contribution in [3.63, 3.8) is 0 Å². The smallest absolute Gasteiger partial charge is 0.413 e. The van der Waals surface area contributed by atoms with E-state index in [0.29, 0.717) is 17.2 Å². The van der Waals surface area contributed by atoms with Gasteiger partial charge < -0.3 is 15.0 Å². The van der Waals surface area contributed by atoms with E-state index < -0.39 is 6.09 Å². The molecule has 1 unspecified atom stereocenters. The molecule has 0 bridgehead atoms. The summed E-state index contributed by atoms with van der Waals surface area (Å²) in [5, 5.41) is 5.16. The Balaban J connectivity index is 2.42. The molecule has 1 aliphatic rings. The Bertz CT molecular complexity index is 545. The fraction of sp³-hybridized carbons (Fsp3) is 0.455. The fourth-order valence-electron chi connectivity index (χ4n) is 1.74. The van der Waals surface area contributed by atoms with E-state index >= 15 is 0 Å². The van der Waals surface area contributed by atoms with E-state index in [9.17, 15) is 9.59 Å². The second-order valence-corrected chi connectivity index (χ2v) is 4.22. The van der Waals surface area contributed by atoms with Crippen LogP contribution in [0.5, 0.6) is 0 Å². The van der Waals surface area contributed by atoms with Crippen LogP contribution < -0.4 is 15.5 Å². The second kappa shape index (κ2) is 4.71. The zero-order valence-electron chi connectivity index (χ0n) is 11.1. The van der Waals surface area contributed by atoms with E-state index in [-0.39, 0.29) is 17.9 Å². The van der Waals surface area contributed by atoms with Crippen molar-refractivity contribution in [3.8, 4) is 0 Å². The number of hydrogen-bond acceptors (Lipinski definition) is 6. The molecule has 2 N–H and O–H groups in total. The lowest BCUT2D eigenvalue weighted by atomic mass is 10.2. The molecule has 8 heteroatoms. The average Bonchev–Trinajstić information content (AvgIpc) is 2.37. The normalized spacial score (nSPS) is 17.6. The number of likely N-dealkylation sites (N-methyl/N-ethyl adjacent to an activating group) is 1. The number of amides is 2. The average molecular weight is 265 g/mol. The molecule has 2 amide bonds. The number of carbonyl (C=O) groups excluding carboxylic acids is 2. The van der Waals surface area contributed by atoms with Gasteiger partial charge >= 0.3 is 6.09 Å². The number of nitrogens with one attached hydrogen (secondary N) is 2. The Kier molecular flexibility index (Phi) is 3.24. The first-order chi connectivity index (χ1) is 8.93. The number of ether oxygens (including phenoxy) is 1.